The molecule has 0 heterocycles. The molecule has 0 spiro atoms. The number of aliphatic hydroxyl groups is 1. The first-order chi connectivity index (χ1) is 19.1. The van der Waals surface area contributed by atoms with Crippen molar-refractivity contribution >= 4 is 12.3 Å². The maximum atomic E-state index is 13.1. The molecule has 8 nitrogen and oxygen atoms in total. The number of carbonyl (C=O) groups is 2. The molecule has 1 aliphatic carbocycles. The first-order valence-electron chi connectivity index (χ1n) is 15.1. The predicted molar refractivity (Wildman–Crippen MR) is 159 cm³/mol. The highest BCUT2D eigenvalue weighted by Gasteiger charge is 2.35. The number of nitrogens with one attached hydrogen (secondary N) is 2. The van der Waals surface area contributed by atoms with E-state index in [9.17, 15) is 14.7 Å². The van der Waals surface area contributed by atoms with E-state index in [1.807, 2.05) is 19.9 Å². The first kappa shape index (κ1) is 33.9. The smallest absolute Gasteiger partial charge is 0.223 e. The second kappa shape index (κ2) is 17.5. The summed E-state index contributed by atoms with van der Waals surface area (Å²) in [5.41, 5.74) is 0.846. The second-order valence-corrected chi connectivity index (χ2v) is 12.2. The summed E-state index contributed by atoms with van der Waals surface area (Å²) < 4.78 is 16.6. The van der Waals surface area contributed by atoms with Crippen molar-refractivity contribution in [1.82, 2.24) is 10.6 Å². The number of benzene rings is 1. The first-order valence-corrected chi connectivity index (χ1v) is 15.1. The lowest BCUT2D eigenvalue weighted by Gasteiger charge is -2.31. The Hall–Kier alpha value is -2.32. The fourth-order valence-corrected chi connectivity index (χ4v) is 5.76. The zero-order valence-corrected chi connectivity index (χ0v) is 25.7. The summed E-state index contributed by atoms with van der Waals surface area (Å²) in [5.74, 6) is 2.08. The van der Waals surface area contributed by atoms with Crippen LogP contribution in [0.15, 0.2) is 18.2 Å². The van der Waals surface area contributed by atoms with Gasteiger partial charge in [0.15, 0.2) is 11.5 Å². The Labute approximate surface area is 241 Å². The van der Waals surface area contributed by atoms with E-state index in [1.54, 1.807) is 14.2 Å². The largest absolute Gasteiger partial charge is 0.493 e. The number of hydrogen-bond acceptors (Lipinski definition) is 6. The highest BCUT2D eigenvalue weighted by atomic mass is 16.5. The molecule has 2 unspecified atom stereocenters. The average molecular weight is 563 g/mol. The third-order valence-corrected chi connectivity index (χ3v) is 8.48. The number of carbonyl (C=O) groups excluding carboxylic acids is 2. The Morgan fingerprint density at radius 2 is 1.77 bits per heavy atom. The molecule has 2 amide bonds. The lowest BCUT2D eigenvalue weighted by molar-refractivity contribution is -0.128. The van der Waals surface area contributed by atoms with E-state index in [4.69, 9.17) is 14.2 Å². The van der Waals surface area contributed by atoms with Crippen molar-refractivity contribution in [3.05, 3.63) is 23.8 Å². The molecule has 40 heavy (non-hydrogen) atoms. The van der Waals surface area contributed by atoms with Crippen LogP contribution in [0.3, 0.4) is 0 Å². The average Bonchev–Trinajstić information content (AvgIpc) is 3.39. The topological polar surface area (TPSA) is 106 Å². The van der Waals surface area contributed by atoms with Gasteiger partial charge in [-0.2, -0.15) is 0 Å². The minimum absolute atomic E-state index is 0.0373. The van der Waals surface area contributed by atoms with E-state index >= 15 is 0 Å². The van der Waals surface area contributed by atoms with Crippen molar-refractivity contribution in [3.63, 3.8) is 0 Å². The second-order valence-electron chi connectivity index (χ2n) is 12.2. The fourth-order valence-electron chi connectivity index (χ4n) is 5.76. The summed E-state index contributed by atoms with van der Waals surface area (Å²) in [6.07, 6.45) is 7.70. The molecule has 228 valence electrons. The van der Waals surface area contributed by atoms with E-state index in [0.717, 1.165) is 62.9 Å². The van der Waals surface area contributed by atoms with Gasteiger partial charge in [0, 0.05) is 32.6 Å². The number of methoxy groups -OCH3 is 2. The van der Waals surface area contributed by atoms with Gasteiger partial charge in [0.1, 0.15) is 0 Å². The normalized spacial score (nSPS) is 16.9. The Morgan fingerprint density at radius 3 is 2.38 bits per heavy atom. The van der Waals surface area contributed by atoms with Crippen LogP contribution in [0.2, 0.25) is 0 Å². The van der Waals surface area contributed by atoms with Crippen molar-refractivity contribution in [3.8, 4) is 11.5 Å². The van der Waals surface area contributed by atoms with Crippen LogP contribution in [-0.2, 0) is 20.7 Å². The summed E-state index contributed by atoms with van der Waals surface area (Å²) >= 11 is 0. The molecule has 1 aromatic rings. The SMILES string of the molecule is COCCCOc1cc(CC(CC[C@@H](O)CC(C(=O)NCC2(NC=O)CCCC2)C(C)C)C(C)C)ccc1OC. The van der Waals surface area contributed by atoms with Gasteiger partial charge in [0.25, 0.3) is 0 Å². The van der Waals surface area contributed by atoms with Gasteiger partial charge in [-0.15, -0.1) is 0 Å². The molecular formula is C32H54N2O6. The lowest BCUT2D eigenvalue weighted by atomic mass is 9.82. The summed E-state index contributed by atoms with van der Waals surface area (Å²) in [5, 5.41) is 17.0. The molecule has 1 aromatic carbocycles. The van der Waals surface area contributed by atoms with Crippen LogP contribution in [0, 0.1) is 23.7 Å². The van der Waals surface area contributed by atoms with Crippen LogP contribution in [-0.4, -0.2) is 63.0 Å². The summed E-state index contributed by atoms with van der Waals surface area (Å²) in [6, 6.07) is 6.11. The van der Waals surface area contributed by atoms with E-state index in [-0.39, 0.29) is 23.3 Å². The molecule has 0 aliphatic heterocycles. The maximum Gasteiger partial charge on any atom is 0.223 e. The minimum atomic E-state index is -0.552. The van der Waals surface area contributed by atoms with Crippen LogP contribution < -0.4 is 20.1 Å². The molecule has 1 aliphatic rings. The van der Waals surface area contributed by atoms with Gasteiger partial charge in [0.05, 0.1) is 25.4 Å². The third kappa shape index (κ3) is 10.9. The third-order valence-electron chi connectivity index (χ3n) is 8.48. The van der Waals surface area contributed by atoms with Crippen molar-refractivity contribution < 1.29 is 28.9 Å². The van der Waals surface area contributed by atoms with E-state index in [0.29, 0.717) is 44.4 Å². The Kier molecular flexibility index (Phi) is 14.8. The number of aliphatic hydroxyl groups excluding tert-OH is 1. The van der Waals surface area contributed by atoms with E-state index in [2.05, 4.69) is 36.6 Å². The molecule has 0 saturated heterocycles. The Balaban J connectivity index is 1.94. The standard InChI is InChI=1S/C32H54N2O6/c1-23(2)26(18-25-10-13-29(39-6)30(19-25)40-17-9-16-38-5)11-12-27(36)20-28(24(3)4)31(37)33-21-32(34-22-35)14-7-8-15-32/h10,13,19,22-24,26-28,36H,7-9,11-12,14-18,20-21H2,1-6H3,(H,33,37)(H,34,35)/t26?,27-,28?/m1/s1. The van der Waals surface area contributed by atoms with Crippen LogP contribution in [0.1, 0.15) is 84.6 Å². The van der Waals surface area contributed by atoms with Crippen LogP contribution in [0.4, 0.5) is 0 Å². The van der Waals surface area contributed by atoms with Gasteiger partial charge in [0.2, 0.25) is 12.3 Å². The molecule has 0 radical (unpaired) electrons. The molecule has 1 fully saturated rings. The number of amides is 2. The predicted octanol–water partition coefficient (Wildman–Crippen LogP) is 4.90. The molecule has 3 N–H and O–H groups in total. The van der Waals surface area contributed by atoms with Gasteiger partial charge in [-0.3, -0.25) is 9.59 Å². The van der Waals surface area contributed by atoms with Crippen LogP contribution >= 0.6 is 0 Å². The zero-order valence-electron chi connectivity index (χ0n) is 25.7. The van der Waals surface area contributed by atoms with Gasteiger partial charge >= 0.3 is 0 Å². The van der Waals surface area contributed by atoms with E-state index < -0.39 is 6.10 Å². The highest BCUT2D eigenvalue weighted by molar-refractivity contribution is 5.79. The Bertz CT molecular complexity index is 884. The van der Waals surface area contributed by atoms with Crippen LogP contribution in [0.5, 0.6) is 11.5 Å². The molecule has 0 bridgehead atoms. The van der Waals surface area contributed by atoms with Gasteiger partial charge < -0.3 is 30.0 Å². The molecule has 1 saturated carbocycles. The van der Waals surface area contributed by atoms with E-state index in [1.165, 1.54) is 5.56 Å². The maximum absolute atomic E-state index is 13.1. The quantitative estimate of drug-likeness (QED) is 0.154. The van der Waals surface area contributed by atoms with Crippen molar-refractivity contribution in [2.45, 2.75) is 97.1 Å². The summed E-state index contributed by atoms with van der Waals surface area (Å²) in [4.78, 5) is 24.3. The number of ether oxygens (including phenoxy) is 3. The number of hydrogen-bond donors (Lipinski definition) is 3. The molecule has 3 atom stereocenters. The lowest BCUT2D eigenvalue weighted by Crippen LogP contribution is -2.52. The highest BCUT2D eigenvalue weighted by Crippen LogP contribution is 2.32. The van der Waals surface area contributed by atoms with Crippen molar-refractivity contribution in [2.24, 2.45) is 23.7 Å². The summed E-state index contributed by atoms with van der Waals surface area (Å²) in [7, 11) is 3.33. The molecular weight excluding hydrogens is 508 g/mol. The zero-order chi connectivity index (χ0) is 29.5. The van der Waals surface area contributed by atoms with Crippen molar-refractivity contribution in [1.29, 1.82) is 0 Å². The Morgan fingerprint density at radius 1 is 1.05 bits per heavy atom. The minimum Gasteiger partial charge on any atom is -0.493 e. The summed E-state index contributed by atoms with van der Waals surface area (Å²) in [6.45, 7) is 10.2. The van der Waals surface area contributed by atoms with Crippen LogP contribution in [0.25, 0.3) is 0 Å². The van der Waals surface area contributed by atoms with Gasteiger partial charge in [-0.25, -0.2) is 0 Å². The van der Waals surface area contributed by atoms with Gasteiger partial charge in [-0.05, 0) is 74.0 Å². The van der Waals surface area contributed by atoms with Gasteiger partial charge in [-0.1, -0.05) is 46.6 Å². The molecule has 2 rings (SSSR count). The molecule has 8 heteroatoms. The molecule has 0 aromatic heterocycles. The number of rotatable bonds is 20. The van der Waals surface area contributed by atoms with Crippen molar-refractivity contribution in [2.75, 3.05) is 34.0 Å². The fraction of sp³-hybridized carbons (Fsp3) is 0.750. The monoisotopic (exact) mass is 562 g/mol.